The van der Waals surface area contributed by atoms with Crippen LogP contribution in [0.4, 0.5) is 0 Å². The number of nitrogens with zero attached hydrogens (tertiary/aromatic N) is 2. The second kappa shape index (κ2) is 9.34. The summed E-state index contributed by atoms with van der Waals surface area (Å²) in [5.41, 5.74) is 7.76. The van der Waals surface area contributed by atoms with Crippen molar-refractivity contribution in [2.24, 2.45) is 15.9 Å². The van der Waals surface area contributed by atoms with Crippen molar-refractivity contribution in [3.8, 4) is 11.5 Å². The van der Waals surface area contributed by atoms with Crippen LogP contribution < -0.4 is 10.5 Å². The number of amidine groups is 1. The maximum atomic E-state index is 9.79. The van der Waals surface area contributed by atoms with Crippen LogP contribution in [0.15, 0.2) is 57.1 Å². The van der Waals surface area contributed by atoms with Crippen molar-refractivity contribution >= 4 is 39.1 Å². The van der Waals surface area contributed by atoms with Gasteiger partial charge >= 0.3 is 0 Å². The van der Waals surface area contributed by atoms with Gasteiger partial charge in [-0.3, -0.25) is 0 Å². The van der Waals surface area contributed by atoms with E-state index < -0.39 is 0 Å². The van der Waals surface area contributed by atoms with Gasteiger partial charge in [0.25, 0.3) is 0 Å². The van der Waals surface area contributed by atoms with E-state index in [4.69, 9.17) is 10.5 Å². The first-order valence-electron chi connectivity index (χ1n) is 7.28. The van der Waals surface area contributed by atoms with Crippen molar-refractivity contribution in [2.45, 2.75) is 12.7 Å². The van der Waals surface area contributed by atoms with E-state index in [9.17, 15) is 5.11 Å². The minimum Gasteiger partial charge on any atom is -0.504 e. The molecule has 0 radical (unpaired) electrons. The van der Waals surface area contributed by atoms with Gasteiger partial charge in [0.2, 0.25) is 0 Å². The highest BCUT2D eigenvalue weighted by Crippen LogP contribution is 2.31. The fourth-order valence-electron chi connectivity index (χ4n) is 1.84. The van der Waals surface area contributed by atoms with Crippen LogP contribution in [0.5, 0.6) is 11.5 Å². The summed E-state index contributed by atoms with van der Waals surface area (Å²) in [6.07, 6.45) is 1.56. The van der Waals surface area contributed by atoms with Crippen molar-refractivity contribution in [3.63, 3.8) is 0 Å². The molecule has 3 N–H and O–H groups in total. The van der Waals surface area contributed by atoms with E-state index in [-0.39, 0.29) is 5.75 Å². The molecule has 0 atom stereocenters. The standard InChI is InChI=1S/C17H18BrN3O2S/c1-2-23-16-8-13(14(18)9-15(16)22)10-20-21-17(19)24-11-12-6-4-3-5-7-12/h3-10,22H,2,11H2,1H3,(H2,19,21). The fraction of sp³-hybridized carbons (Fsp3) is 0.176. The van der Waals surface area contributed by atoms with Crippen LogP contribution in [0, 0.1) is 0 Å². The molecule has 0 spiro atoms. The maximum absolute atomic E-state index is 9.79. The van der Waals surface area contributed by atoms with E-state index in [1.807, 2.05) is 37.3 Å². The van der Waals surface area contributed by atoms with E-state index in [1.165, 1.54) is 17.3 Å². The number of benzene rings is 2. The lowest BCUT2D eigenvalue weighted by Crippen LogP contribution is -2.06. The number of nitrogens with two attached hydrogens (primary N) is 1. The molecular weight excluding hydrogens is 390 g/mol. The lowest BCUT2D eigenvalue weighted by molar-refractivity contribution is 0.318. The second-order valence-electron chi connectivity index (χ2n) is 4.73. The van der Waals surface area contributed by atoms with Gasteiger partial charge in [-0.1, -0.05) is 42.1 Å². The minimum absolute atomic E-state index is 0.0716. The SMILES string of the molecule is CCOc1cc(C=NN=C(N)SCc2ccccc2)c(Br)cc1O. The van der Waals surface area contributed by atoms with Crippen LogP contribution in [0.25, 0.3) is 0 Å². The Labute approximate surface area is 153 Å². The largest absolute Gasteiger partial charge is 0.504 e. The summed E-state index contributed by atoms with van der Waals surface area (Å²) < 4.78 is 6.04. The molecule has 0 unspecified atom stereocenters. The van der Waals surface area contributed by atoms with Gasteiger partial charge < -0.3 is 15.6 Å². The molecule has 0 aliphatic heterocycles. The highest BCUT2D eigenvalue weighted by atomic mass is 79.9. The van der Waals surface area contributed by atoms with E-state index in [2.05, 4.69) is 26.1 Å². The van der Waals surface area contributed by atoms with E-state index in [0.717, 1.165) is 11.3 Å². The van der Waals surface area contributed by atoms with Gasteiger partial charge in [-0.05, 0) is 40.5 Å². The Morgan fingerprint density at radius 2 is 2.08 bits per heavy atom. The van der Waals surface area contributed by atoms with Crippen molar-refractivity contribution in [1.82, 2.24) is 0 Å². The molecular formula is C17H18BrN3O2S. The van der Waals surface area contributed by atoms with Crippen LogP contribution in [0.2, 0.25) is 0 Å². The molecule has 7 heteroatoms. The van der Waals surface area contributed by atoms with Crippen LogP contribution in [0.3, 0.4) is 0 Å². The third-order valence-corrected chi connectivity index (χ3v) is 4.50. The summed E-state index contributed by atoms with van der Waals surface area (Å²) in [5, 5.41) is 18.1. The number of thioether (sulfide) groups is 1. The number of hydrogen-bond donors (Lipinski definition) is 2. The molecule has 0 aliphatic rings. The Kier molecular flexibility index (Phi) is 7.14. The zero-order valence-corrected chi connectivity index (χ0v) is 15.5. The Morgan fingerprint density at radius 1 is 1.33 bits per heavy atom. The second-order valence-corrected chi connectivity index (χ2v) is 6.58. The van der Waals surface area contributed by atoms with Crippen molar-refractivity contribution in [3.05, 3.63) is 58.1 Å². The first-order valence-corrected chi connectivity index (χ1v) is 9.06. The van der Waals surface area contributed by atoms with Gasteiger partial charge in [-0.15, -0.1) is 5.10 Å². The van der Waals surface area contributed by atoms with Crippen LogP contribution in [0.1, 0.15) is 18.1 Å². The van der Waals surface area contributed by atoms with Gasteiger partial charge in [-0.2, -0.15) is 5.10 Å². The molecule has 126 valence electrons. The Morgan fingerprint density at radius 3 is 2.79 bits per heavy atom. The molecule has 0 bridgehead atoms. The normalized spacial score (nSPS) is 11.8. The number of rotatable bonds is 6. The molecule has 0 amide bonds. The van der Waals surface area contributed by atoms with Gasteiger partial charge in [-0.25, -0.2) is 0 Å². The minimum atomic E-state index is 0.0716. The molecule has 2 rings (SSSR count). The van der Waals surface area contributed by atoms with E-state index >= 15 is 0 Å². The molecule has 0 aromatic heterocycles. The predicted octanol–water partition coefficient (Wildman–Crippen LogP) is 4.14. The molecule has 0 heterocycles. The van der Waals surface area contributed by atoms with Crippen LogP contribution >= 0.6 is 27.7 Å². The molecule has 0 aliphatic carbocycles. The molecule has 2 aromatic carbocycles. The zero-order valence-electron chi connectivity index (χ0n) is 13.1. The fourth-order valence-corrected chi connectivity index (χ4v) is 2.88. The predicted molar refractivity (Wildman–Crippen MR) is 104 cm³/mol. The Bertz CT molecular complexity index is 736. The molecule has 0 saturated heterocycles. The van der Waals surface area contributed by atoms with Crippen LogP contribution in [-0.2, 0) is 5.75 Å². The summed E-state index contributed by atoms with van der Waals surface area (Å²) in [5.74, 6) is 1.21. The topological polar surface area (TPSA) is 80.2 Å². The third-order valence-electron chi connectivity index (χ3n) is 2.96. The Hall–Kier alpha value is -1.99. The molecule has 24 heavy (non-hydrogen) atoms. The summed E-state index contributed by atoms with van der Waals surface area (Å²) in [6.45, 7) is 2.32. The van der Waals surface area contributed by atoms with Gasteiger partial charge in [0.05, 0.1) is 12.8 Å². The lowest BCUT2D eigenvalue weighted by atomic mass is 10.2. The van der Waals surface area contributed by atoms with Gasteiger partial charge in [0, 0.05) is 15.8 Å². The summed E-state index contributed by atoms with van der Waals surface area (Å²) in [4.78, 5) is 0. The number of phenolic OH excluding ortho intramolecular Hbond substituents is 1. The summed E-state index contributed by atoms with van der Waals surface area (Å²) in [6, 6.07) is 13.3. The molecule has 0 fully saturated rings. The average molecular weight is 408 g/mol. The number of halogens is 1. The van der Waals surface area contributed by atoms with Crippen molar-refractivity contribution in [2.75, 3.05) is 6.61 Å². The average Bonchev–Trinajstić information content (AvgIpc) is 2.58. The number of hydrogen-bond acceptors (Lipinski definition) is 5. The van der Waals surface area contributed by atoms with E-state index in [0.29, 0.717) is 22.0 Å². The highest BCUT2D eigenvalue weighted by Gasteiger charge is 2.07. The number of aromatic hydroxyl groups is 1. The number of ether oxygens (including phenoxy) is 1. The van der Waals surface area contributed by atoms with Crippen LogP contribution in [-0.4, -0.2) is 23.1 Å². The first-order chi connectivity index (χ1) is 11.6. The van der Waals surface area contributed by atoms with Crippen molar-refractivity contribution in [1.29, 1.82) is 0 Å². The van der Waals surface area contributed by atoms with Crippen molar-refractivity contribution < 1.29 is 9.84 Å². The van der Waals surface area contributed by atoms with Gasteiger partial charge in [0.1, 0.15) is 0 Å². The molecule has 5 nitrogen and oxygen atoms in total. The zero-order chi connectivity index (χ0) is 17.4. The Balaban J connectivity index is 2.00. The lowest BCUT2D eigenvalue weighted by Gasteiger charge is -2.07. The van der Waals surface area contributed by atoms with E-state index in [1.54, 1.807) is 18.3 Å². The maximum Gasteiger partial charge on any atom is 0.180 e. The first kappa shape index (κ1) is 18.4. The molecule has 2 aromatic rings. The number of phenols is 1. The quantitative estimate of drug-likeness (QED) is 0.428. The summed E-state index contributed by atoms with van der Waals surface area (Å²) >= 11 is 4.79. The monoisotopic (exact) mass is 407 g/mol. The summed E-state index contributed by atoms with van der Waals surface area (Å²) in [7, 11) is 0. The van der Waals surface area contributed by atoms with Gasteiger partial charge in [0.15, 0.2) is 16.7 Å². The smallest absolute Gasteiger partial charge is 0.180 e. The highest BCUT2D eigenvalue weighted by molar-refractivity contribution is 9.10. The molecule has 0 saturated carbocycles. The third kappa shape index (κ3) is 5.58.